The van der Waals surface area contributed by atoms with Crippen LogP contribution in [0.5, 0.6) is 0 Å². The Labute approximate surface area is 63.0 Å². The zero-order valence-corrected chi connectivity index (χ0v) is 6.02. The molecule has 52 valence electrons. The van der Waals surface area contributed by atoms with Gasteiger partial charge in [-0.2, -0.15) is 0 Å². The van der Waals surface area contributed by atoms with Crippen LogP contribution in [-0.4, -0.2) is 15.6 Å². The molecule has 1 rings (SSSR count). The predicted molar refractivity (Wildman–Crippen MR) is 35.7 cm³/mol. The fourth-order valence-electron chi connectivity index (χ4n) is 0.515. The Kier molecular flexibility index (Phi) is 2.02. The van der Waals surface area contributed by atoms with Gasteiger partial charge < -0.3 is 5.73 Å². The fraction of sp³-hybridized carbons (Fsp3) is 0.333. The van der Waals surface area contributed by atoms with E-state index in [1.165, 1.54) is 4.53 Å². The lowest BCUT2D eigenvalue weighted by molar-refractivity contribution is 0.211. The van der Waals surface area contributed by atoms with Crippen LogP contribution in [0.2, 0.25) is 0 Å². The minimum absolute atomic E-state index is 0.463. The molecule has 0 atom stereocenters. The topological polar surface area (TPSA) is 44.5 Å². The van der Waals surface area contributed by atoms with Gasteiger partial charge in [0.25, 0.3) is 0 Å². The summed E-state index contributed by atoms with van der Waals surface area (Å²) in [5.74, 6) is 0. The maximum atomic E-state index is 5.48. The summed E-state index contributed by atoms with van der Waals surface area (Å²) in [5, 5.41) is 0. The van der Waals surface area contributed by atoms with Crippen molar-refractivity contribution in [3.63, 3.8) is 0 Å². The van der Waals surface area contributed by atoms with Gasteiger partial charge >= 0.3 is 0 Å². The number of hydrazine groups is 2. The number of halogens is 2. The maximum Gasteiger partial charge on any atom is 0.0726 e. The second kappa shape index (κ2) is 2.62. The van der Waals surface area contributed by atoms with Gasteiger partial charge in [-0.3, -0.25) is 0 Å². The van der Waals surface area contributed by atoms with E-state index in [9.17, 15) is 0 Å². The molecular weight excluding hydrogens is 163 g/mol. The van der Waals surface area contributed by atoms with Crippen molar-refractivity contribution in [3.8, 4) is 0 Å². The first-order valence-corrected chi connectivity index (χ1v) is 2.97. The second-order valence-electron chi connectivity index (χ2n) is 1.64. The molecule has 0 spiro atoms. The molecule has 0 radical (unpaired) electrons. The summed E-state index contributed by atoms with van der Waals surface area (Å²) in [4.78, 5) is 0. The molecule has 0 aliphatic carbocycles. The largest absolute Gasteiger partial charge is 0.400 e. The molecule has 0 aromatic carbocycles. The number of hydrogen-bond donors (Lipinski definition) is 2. The highest BCUT2D eigenvalue weighted by Crippen LogP contribution is 2.04. The molecule has 4 nitrogen and oxygen atoms in total. The Morgan fingerprint density at radius 2 is 2.33 bits per heavy atom. The number of hydrogen-bond acceptors (Lipinski definition) is 4. The van der Waals surface area contributed by atoms with Crippen LogP contribution < -0.4 is 11.3 Å². The van der Waals surface area contributed by atoms with Crippen molar-refractivity contribution in [2.24, 2.45) is 5.73 Å². The molecule has 0 unspecified atom stereocenters. The van der Waals surface area contributed by atoms with Gasteiger partial charge in [0.2, 0.25) is 0 Å². The van der Waals surface area contributed by atoms with Crippen LogP contribution in [0.3, 0.4) is 0 Å². The Bertz CT molecular complexity index is 136. The normalized spacial score (nSPS) is 22.0. The quantitative estimate of drug-likeness (QED) is 0.506. The summed E-state index contributed by atoms with van der Waals surface area (Å²) < 4.78 is 2.41. The molecule has 0 bridgehead atoms. The Morgan fingerprint density at radius 1 is 1.67 bits per heavy atom. The molecule has 0 aromatic rings. The van der Waals surface area contributed by atoms with Crippen LogP contribution in [-0.2, 0) is 0 Å². The second-order valence-corrected chi connectivity index (χ2v) is 2.41. The van der Waals surface area contributed by atoms with Gasteiger partial charge in [-0.15, -0.1) is 10.1 Å². The highest BCUT2D eigenvalue weighted by molar-refractivity contribution is 6.15. The summed E-state index contributed by atoms with van der Waals surface area (Å²) >= 11 is 10.9. The van der Waals surface area contributed by atoms with Gasteiger partial charge in [0.1, 0.15) is 0 Å². The first-order chi connectivity index (χ1) is 4.18. The van der Waals surface area contributed by atoms with Crippen molar-refractivity contribution in [2.75, 3.05) is 6.54 Å². The monoisotopic (exact) mass is 168 g/mol. The molecule has 1 aliphatic heterocycles. The van der Waals surface area contributed by atoms with Gasteiger partial charge in [-0.25, -0.2) is 4.53 Å². The van der Waals surface area contributed by atoms with E-state index in [2.05, 4.69) is 5.53 Å². The lowest BCUT2D eigenvalue weighted by atomic mass is 10.5. The molecule has 0 aromatic heterocycles. The van der Waals surface area contributed by atoms with Crippen molar-refractivity contribution in [2.45, 2.75) is 0 Å². The lowest BCUT2D eigenvalue weighted by Crippen LogP contribution is -2.43. The minimum Gasteiger partial charge on any atom is -0.400 e. The average Bonchev–Trinajstić information content (AvgIpc) is 1.59. The Hall–Kier alpha value is -0.160. The van der Waals surface area contributed by atoms with Crippen LogP contribution >= 0.6 is 23.6 Å². The minimum atomic E-state index is 0.463. The summed E-state index contributed by atoms with van der Waals surface area (Å²) in [6.45, 7) is 0.463. The highest BCUT2D eigenvalue weighted by atomic mass is 35.5. The number of nitrogens with two attached hydrogens (primary N) is 1. The van der Waals surface area contributed by atoms with E-state index in [0.717, 1.165) is 4.53 Å². The molecule has 6 heteroatoms. The Morgan fingerprint density at radius 3 is 2.78 bits per heavy atom. The van der Waals surface area contributed by atoms with Gasteiger partial charge in [0, 0.05) is 17.5 Å². The first-order valence-electron chi connectivity index (χ1n) is 2.29. The van der Waals surface area contributed by atoms with Crippen LogP contribution in [0.15, 0.2) is 11.9 Å². The third-order valence-corrected chi connectivity index (χ3v) is 1.17. The van der Waals surface area contributed by atoms with E-state index in [1.807, 2.05) is 0 Å². The molecule has 1 heterocycles. The summed E-state index contributed by atoms with van der Waals surface area (Å²) in [7, 11) is 0. The summed E-state index contributed by atoms with van der Waals surface area (Å²) in [6, 6.07) is 0. The predicted octanol–water partition coefficient (Wildman–Crippen LogP) is 0.131. The van der Waals surface area contributed by atoms with E-state index in [0.29, 0.717) is 12.2 Å². The maximum absolute atomic E-state index is 5.48. The number of nitrogens with zero attached hydrogens (tertiary/aromatic N) is 2. The van der Waals surface area contributed by atoms with Gasteiger partial charge in [-0.05, 0) is 11.8 Å². The SMILES string of the molecule is NC1=CN(Cl)NN(Cl)C1. The zero-order valence-electron chi connectivity index (χ0n) is 4.51. The van der Waals surface area contributed by atoms with E-state index < -0.39 is 0 Å². The molecule has 0 fully saturated rings. The van der Waals surface area contributed by atoms with Crippen molar-refractivity contribution in [3.05, 3.63) is 11.9 Å². The van der Waals surface area contributed by atoms with Crippen molar-refractivity contribution >= 4 is 23.6 Å². The van der Waals surface area contributed by atoms with E-state index in [-0.39, 0.29) is 0 Å². The average molecular weight is 169 g/mol. The van der Waals surface area contributed by atoms with Gasteiger partial charge in [0.15, 0.2) is 0 Å². The summed E-state index contributed by atoms with van der Waals surface area (Å²) in [5.41, 5.74) is 8.55. The van der Waals surface area contributed by atoms with Crippen LogP contribution in [0.4, 0.5) is 0 Å². The molecule has 1 aliphatic rings. The standard InChI is InChI=1S/C3H6Cl2N4/c4-8-1-3(6)2-9(5)7-8/h1,7H,2,6H2. The third kappa shape index (κ3) is 1.91. The number of nitrogens with one attached hydrogen (secondary N) is 1. The molecule has 0 saturated carbocycles. The van der Waals surface area contributed by atoms with Gasteiger partial charge in [-0.1, -0.05) is 0 Å². The fourth-order valence-corrected chi connectivity index (χ4v) is 0.989. The molecule has 3 N–H and O–H groups in total. The lowest BCUT2D eigenvalue weighted by Gasteiger charge is -2.24. The first kappa shape index (κ1) is 6.95. The molecular formula is C3H6Cl2N4. The van der Waals surface area contributed by atoms with Crippen LogP contribution in [0.1, 0.15) is 0 Å². The van der Waals surface area contributed by atoms with E-state index in [4.69, 9.17) is 29.3 Å². The third-order valence-electron chi connectivity index (χ3n) is 0.805. The van der Waals surface area contributed by atoms with Crippen LogP contribution in [0.25, 0.3) is 0 Å². The molecule has 9 heavy (non-hydrogen) atoms. The van der Waals surface area contributed by atoms with E-state index in [1.54, 1.807) is 6.20 Å². The highest BCUT2D eigenvalue weighted by Gasteiger charge is 2.10. The van der Waals surface area contributed by atoms with E-state index >= 15 is 0 Å². The smallest absolute Gasteiger partial charge is 0.0726 e. The Balaban J connectivity index is 2.56. The van der Waals surface area contributed by atoms with Crippen molar-refractivity contribution in [1.82, 2.24) is 14.6 Å². The van der Waals surface area contributed by atoms with Gasteiger partial charge in [0.05, 0.1) is 12.7 Å². The molecule has 0 amide bonds. The zero-order chi connectivity index (χ0) is 6.85. The van der Waals surface area contributed by atoms with Crippen molar-refractivity contribution < 1.29 is 0 Å². The molecule has 0 saturated heterocycles. The number of rotatable bonds is 0. The summed E-state index contributed by atoms with van der Waals surface area (Å²) in [6.07, 6.45) is 1.54. The van der Waals surface area contributed by atoms with Crippen LogP contribution in [0, 0.1) is 0 Å². The van der Waals surface area contributed by atoms with Crippen molar-refractivity contribution in [1.29, 1.82) is 0 Å².